The molecule has 0 unspecified atom stereocenters. The van der Waals surface area contributed by atoms with Crippen LogP contribution in [0.5, 0.6) is 0 Å². The summed E-state index contributed by atoms with van der Waals surface area (Å²) in [6.45, 7) is 20.3. The lowest BCUT2D eigenvalue weighted by atomic mass is 9.33. The van der Waals surface area contributed by atoms with Gasteiger partial charge >= 0.3 is 11.9 Å². The number of esters is 2. The normalized spacial score (nSPS) is 47.2. The Morgan fingerprint density at radius 1 is 0.754 bits per heavy atom. The van der Waals surface area contributed by atoms with Crippen molar-refractivity contribution in [3.8, 4) is 0 Å². The molecule has 8 rings (SSSR count). The fraction of sp³-hybridized carbons (Fsp3) is 0.920. The highest BCUT2D eigenvalue weighted by Gasteiger charge is 2.70. The van der Waals surface area contributed by atoms with Crippen LogP contribution in [0.4, 0.5) is 0 Å². The van der Waals surface area contributed by atoms with Crippen molar-refractivity contribution in [2.75, 3.05) is 48.6 Å². The maximum atomic E-state index is 13.8. The summed E-state index contributed by atoms with van der Waals surface area (Å²) in [5.41, 5.74) is 0.886. The molecule has 0 amide bonds. The Kier molecular flexibility index (Phi) is 13.7. The third-order valence-electron chi connectivity index (χ3n) is 18.7. The van der Waals surface area contributed by atoms with Crippen molar-refractivity contribution < 1.29 is 71.5 Å². The first-order chi connectivity index (χ1) is 30.6. The second kappa shape index (κ2) is 17.9. The summed E-state index contributed by atoms with van der Waals surface area (Å²) in [4.78, 5) is 27.4. The van der Waals surface area contributed by atoms with Gasteiger partial charge in [-0.1, -0.05) is 60.1 Å². The fourth-order valence-corrected chi connectivity index (χ4v) is 15.2. The van der Waals surface area contributed by atoms with Crippen molar-refractivity contribution in [1.29, 1.82) is 0 Å². The van der Waals surface area contributed by atoms with Gasteiger partial charge < -0.3 is 61.9 Å². The second-order valence-corrected chi connectivity index (χ2v) is 23.3. The van der Waals surface area contributed by atoms with E-state index in [1.54, 1.807) is 21.0 Å². The number of carbonyl (C=O) groups is 2. The Morgan fingerprint density at radius 3 is 2.12 bits per heavy atom. The number of carbonyl (C=O) groups excluding carboxylic acids is 2. The van der Waals surface area contributed by atoms with E-state index >= 15 is 0 Å². The number of aliphatic hydroxyl groups excluding tert-OH is 1. The average molecular weight is 921 g/mol. The summed E-state index contributed by atoms with van der Waals surface area (Å²) in [6.07, 6.45) is 2.44. The molecule has 0 spiro atoms. The number of rotatable bonds is 12. The highest BCUT2D eigenvalue weighted by molar-refractivity contribution is 5.78. The van der Waals surface area contributed by atoms with E-state index in [2.05, 4.69) is 54.5 Å². The SMILES string of the molecule is COCO[C@H]1[C@H](O[C@H]2CC[C@]3(C)[C@H]4CC=C5[C@@H]6CC(C)(C)CC[C@]6(C(=O)OC)CC[C@@]5(C)[C@]4(C)CC[C@H]3C2(C)C)O[C@H](C(=O)OC)[C@@H](OCOC)[C@@H]1O[C@@H]1OC[C@@H]2OC(C)(C)O[C@@H]2[C@@H]1O. The molecule has 3 heterocycles. The minimum Gasteiger partial charge on any atom is -0.469 e. The first kappa shape index (κ1) is 49.7. The number of methoxy groups -OCH3 is 4. The Labute approximate surface area is 386 Å². The molecule has 0 radical (unpaired) electrons. The molecule has 4 saturated carbocycles. The first-order valence-corrected chi connectivity index (χ1v) is 24.3. The van der Waals surface area contributed by atoms with Gasteiger partial charge in [-0.15, -0.1) is 0 Å². The van der Waals surface area contributed by atoms with Crippen LogP contribution in [0.3, 0.4) is 0 Å². The maximum Gasteiger partial charge on any atom is 0.337 e. The minimum atomic E-state index is -1.31. The van der Waals surface area contributed by atoms with E-state index in [9.17, 15) is 14.7 Å². The van der Waals surface area contributed by atoms with Crippen molar-refractivity contribution in [3.05, 3.63) is 11.6 Å². The van der Waals surface area contributed by atoms with Gasteiger partial charge in [0.15, 0.2) is 24.5 Å². The van der Waals surface area contributed by atoms with E-state index in [0.29, 0.717) is 11.8 Å². The standard InChI is InChI=1S/C50H80O15/c1-44(2)20-22-50(43(53)57-13)23-21-48(8)28(29(50)24-44)14-15-32-47(7)18-17-33(45(3,4)31(47)16-19-49(32,48)9)61-42-39(60-27-55-11)37(36(59-26-54-10)38(63-42)40(52)56-12)62-41-34(51)35-30(25-58-41)64-46(5,6)65-35/h14,29-39,41-42,51H,15-27H2,1-13H3/t29-,30-,31-,32+,33-,34-,35-,36-,37-,38-,39+,41-,42+,47-,48+,49+,50-/m0/s1. The van der Waals surface area contributed by atoms with Gasteiger partial charge in [-0.05, 0) is 123 Å². The van der Waals surface area contributed by atoms with Crippen molar-refractivity contribution in [2.45, 2.75) is 194 Å². The van der Waals surface area contributed by atoms with Gasteiger partial charge in [0, 0.05) is 14.2 Å². The average Bonchev–Trinajstić information content (AvgIpc) is 3.58. The van der Waals surface area contributed by atoms with E-state index in [1.165, 1.54) is 26.9 Å². The quantitative estimate of drug-likeness (QED) is 0.0935. The zero-order valence-corrected chi connectivity index (χ0v) is 41.4. The number of hydrogen-bond donors (Lipinski definition) is 1. The Morgan fingerprint density at radius 2 is 1.45 bits per heavy atom. The number of aliphatic hydroxyl groups is 1. The molecule has 3 saturated heterocycles. The molecule has 65 heavy (non-hydrogen) atoms. The van der Waals surface area contributed by atoms with Crippen LogP contribution in [-0.4, -0.2) is 133 Å². The molecular formula is C50H80O15. The second-order valence-electron chi connectivity index (χ2n) is 23.3. The number of fused-ring (bicyclic) bond motifs is 8. The summed E-state index contributed by atoms with van der Waals surface area (Å²) in [6, 6.07) is 0. The van der Waals surface area contributed by atoms with Crippen LogP contribution >= 0.6 is 0 Å². The molecule has 3 aliphatic heterocycles. The van der Waals surface area contributed by atoms with Crippen LogP contribution in [0.2, 0.25) is 0 Å². The van der Waals surface area contributed by atoms with Crippen LogP contribution in [0, 0.1) is 50.2 Å². The minimum absolute atomic E-state index is 0.00428. The molecular weight excluding hydrogens is 841 g/mol. The van der Waals surface area contributed by atoms with Gasteiger partial charge in [-0.25, -0.2) is 4.79 Å². The predicted octanol–water partition coefficient (Wildman–Crippen LogP) is 6.84. The topological polar surface area (TPSA) is 165 Å². The monoisotopic (exact) mass is 921 g/mol. The third-order valence-corrected chi connectivity index (χ3v) is 18.7. The number of allylic oxidation sites excluding steroid dienone is 2. The number of ether oxygens (including phenoxy) is 12. The first-order valence-electron chi connectivity index (χ1n) is 24.3. The molecule has 7 fully saturated rings. The Balaban J connectivity index is 1.08. The molecule has 0 aromatic heterocycles. The van der Waals surface area contributed by atoms with E-state index in [0.717, 1.165) is 64.2 Å². The van der Waals surface area contributed by atoms with Crippen LogP contribution in [0.15, 0.2) is 11.6 Å². The highest BCUT2D eigenvalue weighted by Crippen LogP contribution is 2.76. The maximum absolute atomic E-state index is 13.8. The largest absolute Gasteiger partial charge is 0.469 e. The molecule has 0 bridgehead atoms. The lowest BCUT2D eigenvalue weighted by Gasteiger charge is -2.71. The van der Waals surface area contributed by atoms with Gasteiger partial charge in [-0.2, -0.15) is 0 Å². The molecule has 15 heteroatoms. The van der Waals surface area contributed by atoms with Gasteiger partial charge in [0.05, 0.1) is 32.3 Å². The molecule has 17 atom stereocenters. The molecule has 8 aliphatic rings. The van der Waals surface area contributed by atoms with Gasteiger partial charge in [0.1, 0.15) is 50.2 Å². The summed E-state index contributed by atoms with van der Waals surface area (Å²) >= 11 is 0. The van der Waals surface area contributed by atoms with Crippen LogP contribution in [-0.2, 0) is 66.4 Å². The van der Waals surface area contributed by atoms with Crippen molar-refractivity contribution in [2.24, 2.45) is 50.2 Å². The Bertz CT molecular complexity index is 1780. The molecule has 5 aliphatic carbocycles. The lowest BCUT2D eigenvalue weighted by Crippen LogP contribution is -2.67. The lowest BCUT2D eigenvalue weighted by molar-refractivity contribution is -0.371. The molecule has 0 aromatic carbocycles. The van der Waals surface area contributed by atoms with Gasteiger partial charge in [0.25, 0.3) is 0 Å². The summed E-state index contributed by atoms with van der Waals surface area (Å²) in [5, 5.41) is 11.6. The van der Waals surface area contributed by atoms with E-state index in [1.807, 2.05) is 0 Å². The van der Waals surface area contributed by atoms with Gasteiger partial charge in [-0.3, -0.25) is 4.79 Å². The molecule has 15 nitrogen and oxygen atoms in total. The fourth-order valence-electron chi connectivity index (χ4n) is 15.2. The van der Waals surface area contributed by atoms with E-state index < -0.39 is 72.5 Å². The van der Waals surface area contributed by atoms with Crippen molar-refractivity contribution in [3.63, 3.8) is 0 Å². The molecule has 1 N–H and O–H groups in total. The smallest absolute Gasteiger partial charge is 0.337 e. The van der Waals surface area contributed by atoms with Crippen molar-refractivity contribution in [1.82, 2.24) is 0 Å². The van der Waals surface area contributed by atoms with E-state index in [-0.39, 0.29) is 65.3 Å². The van der Waals surface area contributed by atoms with Gasteiger partial charge in [0.2, 0.25) is 0 Å². The molecule has 0 aromatic rings. The van der Waals surface area contributed by atoms with Crippen LogP contribution < -0.4 is 0 Å². The summed E-state index contributed by atoms with van der Waals surface area (Å²) in [7, 11) is 5.85. The van der Waals surface area contributed by atoms with Crippen LogP contribution in [0.25, 0.3) is 0 Å². The van der Waals surface area contributed by atoms with Crippen LogP contribution in [0.1, 0.15) is 127 Å². The summed E-state index contributed by atoms with van der Waals surface area (Å²) < 4.78 is 72.8. The number of hydrogen-bond acceptors (Lipinski definition) is 15. The van der Waals surface area contributed by atoms with Crippen molar-refractivity contribution >= 4 is 11.9 Å². The predicted molar refractivity (Wildman–Crippen MR) is 235 cm³/mol. The Hall–Kier alpha value is -1.76. The summed E-state index contributed by atoms with van der Waals surface area (Å²) in [5.74, 6) is -0.724. The highest BCUT2D eigenvalue weighted by atomic mass is 16.8. The molecule has 370 valence electrons. The van der Waals surface area contributed by atoms with E-state index in [4.69, 9.17) is 56.8 Å². The zero-order chi connectivity index (χ0) is 47.1. The third kappa shape index (κ3) is 8.17. The zero-order valence-electron chi connectivity index (χ0n) is 41.4.